The van der Waals surface area contributed by atoms with E-state index in [-0.39, 0.29) is 5.56 Å². The third-order valence-corrected chi connectivity index (χ3v) is 3.92. The Balaban J connectivity index is 2.13. The normalized spacial score (nSPS) is 11.3. The summed E-state index contributed by atoms with van der Waals surface area (Å²) in [6.07, 6.45) is 1.94. The van der Waals surface area contributed by atoms with E-state index in [4.69, 9.17) is 11.6 Å². The molecule has 4 heteroatoms. The van der Waals surface area contributed by atoms with Crippen LogP contribution < -0.4 is 5.56 Å². The van der Waals surface area contributed by atoms with E-state index in [2.05, 4.69) is 9.97 Å². The number of hydrogen-bond donors (Lipinski definition) is 2. The van der Waals surface area contributed by atoms with Gasteiger partial charge in [0.1, 0.15) is 0 Å². The minimum atomic E-state index is -0.134. The number of nitrogens with one attached hydrogen (secondary N) is 2. The van der Waals surface area contributed by atoms with Crippen molar-refractivity contribution >= 4 is 33.4 Å². The lowest BCUT2D eigenvalue weighted by atomic mass is 10.0. The number of H-pyrrole nitrogens is 2. The number of rotatable bonds is 1. The van der Waals surface area contributed by atoms with Gasteiger partial charge in [0, 0.05) is 39.1 Å². The average Bonchev–Trinajstić information content (AvgIpc) is 2.89. The van der Waals surface area contributed by atoms with Crippen LogP contribution in [-0.2, 0) is 0 Å². The first kappa shape index (κ1) is 12.2. The molecule has 3 nitrogen and oxygen atoms in total. The Kier molecular flexibility index (Phi) is 2.62. The van der Waals surface area contributed by atoms with Gasteiger partial charge in [0.25, 0.3) is 0 Å². The summed E-state index contributed by atoms with van der Waals surface area (Å²) in [6.45, 7) is 0. The fourth-order valence-corrected chi connectivity index (χ4v) is 2.92. The third-order valence-electron chi connectivity index (χ3n) is 3.68. The Morgan fingerprint density at radius 2 is 1.67 bits per heavy atom. The maximum Gasteiger partial charge on any atom is 0.249 e. The molecule has 2 heterocycles. The number of pyridine rings is 1. The van der Waals surface area contributed by atoms with Gasteiger partial charge in [-0.3, -0.25) is 4.79 Å². The Hall–Kier alpha value is -2.52. The lowest BCUT2D eigenvalue weighted by molar-refractivity contribution is 1.31. The molecule has 0 saturated heterocycles. The zero-order chi connectivity index (χ0) is 14.4. The van der Waals surface area contributed by atoms with Crippen LogP contribution in [0.1, 0.15) is 0 Å². The van der Waals surface area contributed by atoms with Gasteiger partial charge in [0.05, 0.1) is 5.52 Å². The van der Waals surface area contributed by atoms with Crippen LogP contribution >= 0.6 is 11.6 Å². The molecule has 0 aliphatic rings. The maximum absolute atomic E-state index is 11.9. The van der Waals surface area contributed by atoms with Crippen LogP contribution in [0.3, 0.4) is 0 Å². The number of hydrogen-bond acceptors (Lipinski definition) is 1. The van der Waals surface area contributed by atoms with Crippen LogP contribution in [-0.4, -0.2) is 9.97 Å². The van der Waals surface area contributed by atoms with Crippen LogP contribution in [0, 0.1) is 0 Å². The van der Waals surface area contributed by atoms with E-state index in [1.165, 1.54) is 0 Å². The highest BCUT2D eigenvalue weighted by Crippen LogP contribution is 2.32. The van der Waals surface area contributed by atoms with Crippen molar-refractivity contribution in [1.29, 1.82) is 0 Å². The standard InChI is InChI=1S/C17H11ClN2O/c18-10-5-6-12-13(8-17(21)20-16(12)7-10)14-9-19-15-4-2-1-3-11(14)15/h1-9,19H,(H,20,21). The zero-order valence-corrected chi connectivity index (χ0v) is 11.7. The van der Waals surface area contributed by atoms with Crippen molar-refractivity contribution in [3.05, 3.63) is 70.1 Å². The minimum Gasteiger partial charge on any atom is -0.361 e. The van der Waals surface area contributed by atoms with Crippen LogP contribution in [0.25, 0.3) is 32.9 Å². The number of benzene rings is 2. The predicted octanol–water partition coefficient (Wildman–Crippen LogP) is 4.33. The van der Waals surface area contributed by atoms with Crippen molar-refractivity contribution in [3.8, 4) is 11.1 Å². The first-order chi connectivity index (χ1) is 10.2. The molecule has 0 radical (unpaired) electrons. The molecule has 2 N–H and O–H groups in total. The van der Waals surface area contributed by atoms with E-state index in [0.29, 0.717) is 5.02 Å². The molecular formula is C17H11ClN2O. The number of halogens is 1. The summed E-state index contributed by atoms with van der Waals surface area (Å²) in [6, 6.07) is 15.2. The number of aromatic nitrogens is 2. The molecule has 2 aromatic heterocycles. The topological polar surface area (TPSA) is 48.6 Å². The molecule has 102 valence electrons. The zero-order valence-electron chi connectivity index (χ0n) is 11.0. The van der Waals surface area contributed by atoms with Crippen molar-refractivity contribution in [2.24, 2.45) is 0 Å². The van der Waals surface area contributed by atoms with Gasteiger partial charge >= 0.3 is 0 Å². The highest BCUT2D eigenvalue weighted by atomic mass is 35.5. The fraction of sp³-hybridized carbons (Fsp3) is 0. The molecule has 0 aliphatic carbocycles. The largest absolute Gasteiger partial charge is 0.361 e. The van der Waals surface area contributed by atoms with E-state index < -0.39 is 0 Å². The molecule has 0 aliphatic heterocycles. The van der Waals surface area contributed by atoms with E-state index >= 15 is 0 Å². The van der Waals surface area contributed by atoms with Gasteiger partial charge in [-0.15, -0.1) is 0 Å². The van der Waals surface area contributed by atoms with Crippen molar-refractivity contribution in [2.45, 2.75) is 0 Å². The summed E-state index contributed by atoms with van der Waals surface area (Å²) in [5.74, 6) is 0. The summed E-state index contributed by atoms with van der Waals surface area (Å²) < 4.78 is 0. The van der Waals surface area contributed by atoms with E-state index in [1.54, 1.807) is 12.1 Å². The van der Waals surface area contributed by atoms with E-state index in [0.717, 1.165) is 32.9 Å². The quantitative estimate of drug-likeness (QED) is 0.539. The molecule has 0 fully saturated rings. The molecular weight excluding hydrogens is 284 g/mol. The first-order valence-corrected chi connectivity index (χ1v) is 6.99. The molecule has 0 atom stereocenters. The SMILES string of the molecule is O=c1cc(-c2c[nH]c3ccccc23)c2ccc(Cl)cc2[nH]1. The second-order valence-corrected chi connectivity index (χ2v) is 5.42. The lowest BCUT2D eigenvalue weighted by Crippen LogP contribution is -2.04. The molecule has 0 amide bonds. The molecule has 4 aromatic rings. The number of fused-ring (bicyclic) bond motifs is 2. The molecule has 21 heavy (non-hydrogen) atoms. The summed E-state index contributed by atoms with van der Waals surface area (Å²) in [5.41, 5.74) is 3.59. The summed E-state index contributed by atoms with van der Waals surface area (Å²) >= 11 is 6.02. The smallest absolute Gasteiger partial charge is 0.249 e. The second kappa shape index (κ2) is 4.50. The van der Waals surface area contributed by atoms with E-state index in [9.17, 15) is 4.79 Å². The average molecular weight is 295 g/mol. The maximum atomic E-state index is 11.9. The van der Waals surface area contributed by atoms with Crippen molar-refractivity contribution in [1.82, 2.24) is 9.97 Å². The summed E-state index contributed by atoms with van der Waals surface area (Å²) in [4.78, 5) is 18.0. The monoisotopic (exact) mass is 294 g/mol. The summed E-state index contributed by atoms with van der Waals surface area (Å²) in [5, 5.41) is 2.68. The van der Waals surface area contributed by atoms with Gasteiger partial charge < -0.3 is 9.97 Å². The molecule has 0 spiro atoms. The number of para-hydroxylation sites is 1. The Bertz CT molecular complexity index is 1030. The van der Waals surface area contributed by atoms with Gasteiger partial charge in [-0.05, 0) is 23.8 Å². The minimum absolute atomic E-state index is 0.134. The molecule has 0 bridgehead atoms. The Labute approximate surface area is 125 Å². The van der Waals surface area contributed by atoms with Crippen LogP contribution in [0.4, 0.5) is 0 Å². The second-order valence-electron chi connectivity index (χ2n) is 4.99. The van der Waals surface area contributed by atoms with Crippen LogP contribution in [0.15, 0.2) is 59.5 Å². The van der Waals surface area contributed by atoms with Crippen LogP contribution in [0.5, 0.6) is 0 Å². The fourth-order valence-electron chi connectivity index (χ4n) is 2.75. The van der Waals surface area contributed by atoms with E-state index in [1.807, 2.05) is 42.6 Å². The highest BCUT2D eigenvalue weighted by Gasteiger charge is 2.10. The molecule has 0 saturated carbocycles. The predicted molar refractivity (Wildman–Crippen MR) is 86.9 cm³/mol. The van der Waals surface area contributed by atoms with Crippen LogP contribution in [0.2, 0.25) is 5.02 Å². The van der Waals surface area contributed by atoms with Gasteiger partial charge in [0.15, 0.2) is 0 Å². The van der Waals surface area contributed by atoms with Crippen molar-refractivity contribution in [2.75, 3.05) is 0 Å². The summed E-state index contributed by atoms with van der Waals surface area (Å²) in [7, 11) is 0. The number of aromatic amines is 2. The molecule has 4 rings (SSSR count). The highest BCUT2D eigenvalue weighted by molar-refractivity contribution is 6.31. The van der Waals surface area contributed by atoms with Gasteiger partial charge in [-0.2, -0.15) is 0 Å². The lowest BCUT2D eigenvalue weighted by Gasteiger charge is -2.06. The first-order valence-electron chi connectivity index (χ1n) is 6.61. The molecule has 2 aromatic carbocycles. The van der Waals surface area contributed by atoms with Crippen molar-refractivity contribution in [3.63, 3.8) is 0 Å². The van der Waals surface area contributed by atoms with Gasteiger partial charge in [-0.1, -0.05) is 35.9 Å². The third kappa shape index (κ3) is 1.94. The van der Waals surface area contributed by atoms with Gasteiger partial charge in [-0.25, -0.2) is 0 Å². The van der Waals surface area contributed by atoms with Crippen molar-refractivity contribution < 1.29 is 0 Å². The Morgan fingerprint density at radius 3 is 2.57 bits per heavy atom. The molecule has 0 unspecified atom stereocenters. The Morgan fingerprint density at radius 1 is 0.857 bits per heavy atom. The van der Waals surface area contributed by atoms with Gasteiger partial charge in [0.2, 0.25) is 5.56 Å².